The third kappa shape index (κ3) is 3.75. The van der Waals surface area contributed by atoms with Crippen LogP contribution in [-0.4, -0.2) is 40.9 Å². The summed E-state index contributed by atoms with van der Waals surface area (Å²) in [5.74, 6) is -1.84. The van der Waals surface area contributed by atoms with Gasteiger partial charge in [-0.15, -0.1) is 0 Å². The Morgan fingerprint density at radius 3 is 2.75 bits per heavy atom. The molecule has 3 nitrogen and oxygen atoms in total. The summed E-state index contributed by atoms with van der Waals surface area (Å²) in [6.07, 6.45) is 3.04. The summed E-state index contributed by atoms with van der Waals surface area (Å²) < 4.78 is 26.1. The highest BCUT2D eigenvalue weighted by Crippen LogP contribution is 2.24. The monoisotopic (exact) mass is 285 g/mol. The summed E-state index contributed by atoms with van der Waals surface area (Å²) in [6, 6.07) is 3.75. The van der Waals surface area contributed by atoms with Crippen LogP contribution in [-0.2, 0) is 0 Å². The van der Waals surface area contributed by atoms with Gasteiger partial charge in [-0.05, 0) is 43.5 Å². The SMILES string of the molecule is OCCC1CCCCN1CC(O)c1ccc(F)c(F)c1. The molecule has 0 radical (unpaired) electrons. The first-order chi connectivity index (χ1) is 9.61. The molecule has 5 heteroatoms. The Balaban J connectivity index is 2.01. The second-order valence-corrected chi connectivity index (χ2v) is 5.35. The molecule has 2 unspecified atom stereocenters. The first-order valence-electron chi connectivity index (χ1n) is 7.09. The lowest BCUT2D eigenvalue weighted by molar-refractivity contribution is 0.0563. The van der Waals surface area contributed by atoms with E-state index in [4.69, 9.17) is 5.11 Å². The van der Waals surface area contributed by atoms with Gasteiger partial charge >= 0.3 is 0 Å². The molecule has 0 saturated carbocycles. The Kier molecular flexibility index (Phi) is 5.46. The molecular weight excluding hydrogens is 264 g/mol. The van der Waals surface area contributed by atoms with Crippen LogP contribution >= 0.6 is 0 Å². The van der Waals surface area contributed by atoms with Gasteiger partial charge in [0.1, 0.15) is 0 Å². The number of rotatable bonds is 5. The number of hydrogen-bond acceptors (Lipinski definition) is 3. The predicted molar refractivity (Wildman–Crippen MR) is 72.2 cm³/mol. The van der Waals surface area contributed by atoms with Gasteiger partial charge in [0.05, 0.1) is 6.10 Å². The number of piperidine rings is 1. The summed E-state index contributed by atoms with van der Waals surface area (Å²) in [5.41, 5.74) is 0.386. The molecule has 2 atom stereocenters. The first-order valence-corrected chi connectivity index (χ1v) is 7.09. The zero-order chi connectivity index (χ0) is 14.5. The fourth-order valence-corrected chi connectivity index (χ4v) is 2.82. The van der Waals surface area contributed by atoms with E-state index in [1.54, 1.807) is 0 Å². The highest BCUT2D eigenvalue weighted by molar-refractivity contribution is 5.20. The van der Waals surface area contributed by atoms with Gasteiger partial charge in [-0.3, -0.25) is 4.90 Å². The van der Waals surface area contributed by atoms with Gasteiger partial charge in [-0.25, -0.2) is 8.78 Å². The van der Waals surface area contributed by atoms with E-state index in [1.165, 1.54) is 6.07 Å². The molecule has 1 heterocycles. The van der Waals surface area contributed by atoms with Gasteiger partial charge in [0.2, 0.25) is 0 Å². The van der Waals surface area contributed by atoms with Crippen molar-refractivity contribution in [3.63, 3.8) is 0 Å². The van der Waals surface area contributed by atoms with Crippen LogP contribution in [0.2, 0.25) is 0 Å². The molecule has 1 aromatic carbocycles. The standard InChI is InChI=1S/C15H21F2NO2/c16-13-5-4-11(9-14(13)17)15(20)10-18-7-2-1-3-12(18)6-8-19/h4-5,9,12,15,19-20H,1-3,6-8,10H2. The normalized spacial score (nSPS) is 21.9. The lowest BCUT2D eigenvalue weighted by Crippen LogP contribution is -2.42. The summed E-state index contributed by atoms with van der Waals surface area (Å²) in [7, 11) is 0. The summed E-state index contributed by atoms with van der Waals surface area (Å²) in [5, 5.41) is 19.3. The van der Waals surface area contributed by atoms with Crippen molar-refractivity contribution in [1.82, 2.24) is 4.90 Å². The minimum absolute atomic E-state index is 0.127. The Hall–Kier alpha value is -1.04. The van der Waals surface area contributed by atoms with Crippen molar-refractivity contribution in [3.8, 4) is 0 Å². The van der Waals surface area contributed by atoms with Gasteiger partial charge < -0.3 is 10.2 Å². The fraction of sp³-hybridized carbons (Fsp3) is 0.600. The zero-order valence-corrected chi connectivity index (χ0v) is 11.4. The van der Waals surface area contributed by atoms with E-state index in [0.717, 1.165) is 37.9 Å². The fourth-order valence-electron chi connectivity index (χ4n) is 2.82. The number of likely N-dealkylation sites (tertiary alicyclic amines) is 1. The van der Waals surface area contributed by atoms with Crippen LogP contribution in [0.1, 0.15) is 37.4 Å². The molecule has 2 N–H and O–H groups in total. The summed E-state index contributed by atoms with van der Waals surface area (Å²) in [6.45, 7) is 1.38. The molecule has 1 aliphatic rings. The lowest BCUT2D eigenvalue weighted by Gasteiger charge is -2.36. The molecule has 0 spiro atoms. The van der Waals surface area contributed by atoms with Crippen LogP contribution < -0.4 is 0 Å². The highest BCUT2D eigenvalue weighted by atomic mass is 19.2. The number of β-amino-alcohol motifs (C(OH)–C–C–N with tert-alkyl or cyclic N) is 1. The molecule has 0 amide bonds. The highest BCUT2D eigenvalue weighted by Gasteiger charge is 2.24. The lowest BCUT2D eigenvalue weighted by atomic mass is 9.98. The third-order valence-electron chi connectivity index (χ3n) is 3.95. The number of aliphatic hydroxyl groups excluding tert-OH is 2. The quantitative estimate of drug-likeness (QED) is 0.872. The van der Waals surface area contributed by atoms with Crippen molar-refractivity contribution in [2.24, 2.45) is 0 Å². The van der Waals surface area contributed by atoms with Crippen molar-refractivity contribution in [3.05, 3.63) is 35.4 Å². The van der Waals surface area contributed by atoms with Crippen molar-refractivity contribution in [2.75, 3.05) is 19.7 Å². The van der Waals surface area contributed by atoms with E-state index in [9.17, 15) is 13.9 Å². The Morgan fingerprint density at radius 1 is 1.25 bits per heavy atom. The molecule has 1 fully saturated rings. The van der Waals surface area contributed by atoms with Crippen LogP contribution in [0.15, 0.2) is 18.2 Å². The van der Waals surface area contributed by atoms with Crippen molar-refractivity contribution >= 4 is 0 Å². The van der Waals surface area contributed by atoms with Crippen LogP contribution in [0.25, 0.3) is 0 Å². The maximum Gasteiger partial charge on any atom is 0.159 e. The Morgan fingerprint density at radius 2 is 2.05 bits per heavy atom. The van der Waals surface area contributed by atoms with E-state index >= 15 is 0 Å². The van der Waals surface area contributed by atoms with E-state index in [1.807, 2.05) is 0 Å². The smallest absolute Gasteiger partial charge is 0.159 e. The van der Waals surface area contributed by atoms with E-state index in [-0.39, 0.29) is 12.6 Å². The molecular formula is C15H21F2NO2. The van der Waals surface area contributed by atoms with Crippen molar-refractivity contribution in [1.29, 1.82) is 0 Å². The van der Waals surface area contributed by atoms with E-state index in [2.05, 4.69) is 4.90 Å². The van der Waals surface area contributed by atoms with Gasteiger partial charge in [0.25, 0.3) is 0 Å². The second-order valence-electron chi connectivity index (χ2n) is 5.35. The topological polar surface area (TPSA) is 43.7 Å². The number of halogens is 2. The molecule has 0 aromatic heterocycles. The third-order valence-corrected chi connectivity index (χ3v) is 3.95. The maximum absolute atomic E-state index is 13.2. The average Bonchev–Trinajstić information content (AvgIpc) is 2.44. The number of aliphatic hydroxyl groups is 2. The molecule has 0 bridgehead atoms. The first kappa shape index (κ1) is 15.4. The largest absolute Gasteiger partial charge is 0.396 e. The molecule has 112 valence electrons. The summed E-state index contributed by atoms with van der Waals surface area (Å²) >= 11 is 0. The van der Waals surface area contributed by atoms with Gasteiger partial charge in [-0.1, -0.05) is 12.5 Å². The number of hydrogen-bond donors (Lipinski definition) is 2. The number of nitrogens with zero attached hydrogens (tertiary/aromatic N) is 1. The zero-order valence-electron chi connectivity index (χ0n) is 11.4. The van der Waals surface area contributed by atoms with Gasteiger partial charge in [-0.2, -0.15) is 0 Å². The average molecular weight is 285 g/mol. The Labute approximate surface area is 117 Å². The number of benzene rings is 1. The molecule has 1 saturated heterocycles. The van der Waals surface area contributed by atoms with E-state index in [0.29, 0.717) is 18.5 Å². The van der Waals surface area contributed by atoms with Crippen LogP contribution in [0.4, 0.5) is 8.78 Å². The molecule has 20 heavy (non-hydrogen) atoms. The van der Waals surface area contributed by atoms with Crippen molar-refractivity contribution < 1.29 is 19.0 Å². The predicted octanol–water partition coefficient (Wildman–Crippen LogP) is 2.24. The van der Waals surface area contributed by atoms with Gasteiger partial charge in [0.15, 0.2) is 11.6 Å². The molecule has 1 aliphatic heterocycles. The van der Waals surface area contributed by atoms with Crippen molar-refractivity contribution in [2.45, 2.75) is 37.8 Å². The Bertz CT molecular complexity index is 440. The second kappa shape index (κ2) is 7.11. The maximum atomic E-state index is 13.2. The van der Waals surface area contributed by atoms with E-state index < -0.39 is 17.7 Å². The molecule has 1 aromatic rings. The summed E-state index contributed by atoms with van der Waals surface area (Å²) in [4.78, 5) is 2.13. The van der Waals surface area contributed by atoms with Crippen LogP contribution in [0.3, 0.4) is 0 Å². The van der Waals surface area contributed by atoms with Crippen LogP contribution in [0.5, 0.6) is 0 Å². The van der Waals surface area contributed by atoms with Crippen LogP contribution in [0, 0.1) is 11.6 Å². The van der Waals surface area contributed by atoms with Gasteiger partial charge in [0, 0.05) is 19.2 Å². The minimum atomic E-state index is -0.938. The minimum Gasteiger partial charge on any atom is -0.396 e. The molecule has 2 rings (SSSR count). The molecule has 0 aliphatic carbocycles.